The lowest BCUT2D eigenvalue weighted by atomic mass is 9.94. The fraction of sp³-hybridized carbons (Fsp3) is 0.368. The van der Waals surface area contributed by atoms with Gasteiger partial charge in [-0.05, 0) is 37.5 Å². The molecule has 2 aliphatic rings. The number of carbonyl (C=O) groups is 2. The maximum absolute atomic E-state index is 12.6. The summed E-state index contributed by atoms with van der Waals surface area (Å²) in [5, 5.41) is 2.94. The third-order valence-corrected chi connectivity index (χ3v) is 4.40. The van der Waals surface area contributed by atoms with Crippen LogP contribution in [0.1, 0.15) is 31.4 Å². The van der Waals surface area contributed by atoms with Crippen molar-refractivity contribution < 1.29 is 19.1 Å². The summed E-state index contributed by atoms with van der Waals surface area (Å²) < 4.78 is 10.5. The first-order valence-electron chi connectivity index (χ1n) is 8.29. The normalized spacial score (nSPS) is 20.2. The largest absolute Gasteiger partial charge is 0.490 e. The van der Waals surface area contributed by atoms with Crippen LogP contribution in [0.2, 0.25) is 0 Å². The Morgan fingerprint density at radius 1 is 1.44 bits per heavy atom. The molecule has 0 radical (unpaired) electrons. The molecule has 132 valence electrons. The van der Waals surface area contributed by atoms with E-state index < -0.39 is 12.0 Å². The van der Waals surface area contributed by atoms with E-state index >= 15 is 0 Å². The third-order valence-electron chi connectivity index (χ3n) is 4.40. The van der Waals surface area contributed by atoms with Crippen LogP contribution in [0.15, 0.2) is 48.2 Å². The topological polar surface area (TPSA) is 67.9 Å². The van der Waals surface area contributed by atoms with E-state index in [4.69, 9.17) is 9.47 Å². The second-order valence-electron chi connectivity index (χ2n) is 6.15. The zero-order valence-electron chi connectivity index (χ0n) is 14.5. The maximum atomic E-state index is 12.6. The molecule has 6 nitrogen and oxygen atoms in total. The third kappa shape index (κ3) is 3.38. The summed E-state index contributed by atoms with van der Waals surface area (Å²) in [5.41, 5.74) is 1.88. The van der Waals surface area contributed by atoms with Crippen LogP contribution in [0.4, 0.5) is 4.79 Å². The number of benzene rings is 1. The molecule has 1 heterocycles. The highest BCUT2D eigenvalue weighted by Gasteiger charge is 2.42. The average molecular weight is 342 g/mol. The van der Waals surface area contributed by atoms with Crippen LogP contribution >= 0.6 is 0 Å². The van der Waals surface area contributed by atoms with Gasteiger partial charge < -0.3 is 14.8 Å². The highest BCUT2D eigenvalue weighted by Crippen LogP contribution is 2.38. The number of hydrogen-bond donors (Lipinski definition) is 1. The van der Waals surface area contributed by atoms with Crippen LogP contribution in [0.25, 0.3) is 0 Å². The first kappa shape index (κ1) is 17.1. The van der Waals surface area contributed by atoms with Crippen molar-refractivity contribution in [1.29, 1.82) is 0 Å². The molecule has 3 rings (SSSR count). The molecule has 0 spiro atoms. The van der Waals surface area contributed by atoms with Gasteiger partial charge in [-0.1, -0.05) is 24.8 Å². The van der Waals surface area contributed by atoms with Gasteiger partial charge in [0.05, 0.1) is 18.7 Å². The molecule has 1 aromatic carbocycles. The van der Waals surface area contributed by atoms with E-state index in [1.807, 2.05) is 24.3 Å². The van der Waals surface area contributed by atoms with Crippen LogP contribution in [0.5, 0.6) is 5.75 Å². The predicted molar refractivity (Wildman–Crippen MR) is 93.0 cm³/mol. The van der Waals surface area contributed by atoms with E-state index in [0.29, 0.717) is 23.6 Å². The van der Waals surface area contributed by atoms with Crippen LogP contribution in [0, 0.1) is 0 Å². The van der Waals surface area contributed by atoms with Gasteiger partial charge in [0.1, 0.15) is 12.4 Å². The minimum absolute atomic E-state index is 0.169. The van der Waals surface area contributed by atoms with Crippen molar-refractivity contribution >= 4 is 12.0 Å². The monoisotopic (exact) mass is 342 g/mol. The molecule has 2 amide bonds. The molecule has 1 saturated carbocycles. The first-order valence-corrected chi connectivity index (χ1v) is 8.29. The van der Waals surface area contributed by atoms with Crippen molar-refractivity contribution in [3.63, 3.8) is 0 Å². The minimum Gasteiger partial charge on any atom is -0.490 e. The number of rotatable bonds is 6. The lowest BCUT2D eigenvalue weighted by molar-refractivity contribution is -0.136. The number of nitrogens with zero attached hydrogens (tertiary/aromatic N) is 1. The summed E-state index contributed by atoms with van der Waals surface area (Å²) in [6.07, 6.45) is 3.57. The molecule has 25 heavy (non-hydrogen) atoms. The van der Waals surface area contributed by atoms with Crippen molar-refractivity contribution in [2.24, 2.45) is 0 Å². The Morgan fingerprint density at radius 2 is 2.20 bits per heavy atom. The van der Waals surface area contributed by atoms with Gasteiger partial charge in [0.25, 0.3) is 0 Å². The maximum Gasteiger partial charge on any atom is 0.337 e. The van der Waals surface area contributed by atoms with E-state index in [1.165, 1.54) is 7.11 Å². The van der Waals surface area contributed by atoms with Gasteiger partial charge in [0.2, 0.25) is 0 Å². The predicted octanol–water partition coefficient (Wildman–Crippen LogP) is 2.93. The van der Waals surface area contributed by atoms with Gasteiger partial charge in [-0.2, -0.15) is 0 Å². The Hall–Kier alpha value is -2.76. The van der Waals surface area contributed by atoms with Crippen LogP contribution < -0.4 is 10.1 Å². The summed E-state index contributed by atoms with van der Waals surface area (Å²) in [7, 11) is 1.35. The lowest BCUT2D eigenvalue weighted by Gasteiger charge is -2.35. The van der Waals surface area contributed by atoms with Crippen LogP contribution in [-0.2, 0) is 9.53 Å². The van der Waals surface area contributed by atoms with Crippen molar-refractivity contribution in [3.05, 3.63) is 53.8 Å². The van der Waals surface area contributed by atoms with Crippen molar-refractivity contribution in [2.45, 2.75) is 31.8 Å². The molecule has 0 aromatic heterocycles. The number of amides is 2. The van der Waals surface area contributed by atoms with Crippen LogP contribution in [-0.4, -0.2) is 36.7 Å². The van der Waals surface area contributed by atoms with Gasteiger partial charge in [0, 0.05) is 11.7 Å². The summed E-state index contributed by atoms with van der Waals surface area (Å²) in [6.45, 7) is 5.81. The molecule has 1 aromatic rings. The van der Waals surface area contributed by atoms with Gasteiger partial charge in [-0.15, -0.1) is 0 Å². The fourth-order valence-electron chi connectivity index (χ4n) is 3.09. The highest BCUT2D eigenvalue weighted by molar-refractivity contribution is 5.95. The number of allylic oxidation sites excluding steroid dienone is 1. The van der Waals surface area contributed by atoms with Gasteiger partial charge in [0.15, 0.2) is 0 Å². The first-order chi connectivity index (χ1) is 12.1. The second-order valence-corrected chi connectivity index (χ2v) is 6.15. The number of esters is 1. The molecule has 1 atom stereocenters. The second kappa shape index (κ2) is 7.01. The van der Waals surface area contributed by atoms with E-state index in [2.05, 4.69) is 11.9 Å². The molecular formula is C19H22N2O4. The molecular weight excluding hydrogens is 320 g/mol. The summed E-state index contributed by atoms with van der Waals surface area (Å²) in [5.74, 6) is 0.212. The summed E-state index contributed by atoms with van der Waals surface area (Å²) in [4.78, 5) is 26.6. The molecule has 1 aliphatic carbocycles. The Morgan fingerprint density at radius 3 is 2.84 bits per heavy atom. The van der Waals surface area contributed by atoms with Gasteiger partial charge in [-0.3, -0.25) is 4.90 Å². The van der Waals surface area contributed by atoms with E-state index in [1.54, 1.807) is 17.9 Å². The number of urea groups is 1. The zero-order valence-corrected chi connectivity index (χ0v) is 14.5. The standard InChI is InChI=1S/C19H22N2O4/c1-4-10-25-15-7-5-6-13(11-15)17-16(18(22)24-3)12(2)21(14-8-9-14)19(23)20-17/h4-7,11,14,17H,1,8-10H2,2-3H3,(H,20,23)/t17-/m1/s1. The van der Waals surface area contributed by atoms with Gasteiger partial charge >= 0.3 is 12.0 Å². The van der Waals surface area contributed by atoms with Crippen molar-refractivity contribution in [1.82, 2.24) is 10.2 Å². The molecule has 0 saturated heterocycles. The molecule has 1 aliphatic heterocycles. The summed E-state index contributed by atoms with van der Waals surface area (Å²) >= 11 is 0. The Kier molecular flexibility index (Phi) is 4.79. The Bertz CT molecular complexity index is 737. The van der Waals surface area contributed by atoms with Crippen molar-refractivity contribution in [2.75, 3.05) is 13.7 Å². The van der Waals surface area contributed by atoms with Crippen molar-refractivity contribution in [3.8, 4) is 5.75 Å². The van der Waals surface area contributed by atoms with E-state index in [-0.39, 0.29) is 12.1 Å². The molecule has 0 unspecified atom stereocenters. The van der Waals surface area contributed by atoms with E-state index in [9.17, 15) is 9.59 Å². The Balaban J connectivity index is 2.00. The zero-order chi connectivity index (χ0) is 18.0. The number of ether oxygens (including phenoxy) is 2. The number of hydrogen-bond acceptors (Lipinski definition) is 4. The molecule has 1 fully saturated rings. The number of nitrogens with one attached hydrogen (secondary N) is 1. The van der Waals surface area contributed by atoms with Crippen LogP contribution in [0.3, 0.4) is 0 Å². The minimum atomic E-state index is -0.567. The quantitative estimate of drug-likeness (QED) is 0.637. The highest BCUT2D eigenvalue weighted by atomic mass is 16.5. The molecule has 0 bridgehead atoms. The SMILES string of the molecule is C=CCOc1cccc([C@H]2NC(=O)N(C3CC3)C(C)=C2C(=O)OC)c1. The van der Waals surface area contributed by atoms with E-state index in [0.717, 1.165) is 18.4 Å². The molecule has 6 heteroatoms. The average Bonchev–Trinajstić information content (AvgIpc) is 3.44. The van der Waals surface area contributed by atoms with Gasteiger partial charge in [-0.25, -0.2) is 9.59 Å². The lowest BCUT2D eigenvalue weighted by Crippen LogP contribution is -2.48. The number of carbonyl (C=O) groups excluding carboxylic acids is 2. The smallest absolute Gasteiger partial charge is 0.337 e. The molecule has 1 N–H and O–H groups in total. The Labute approximate surface area is 147 Å². The fourth-order valence-corrected chi connectivity index (χ4v) is 3.09. The summed E-state index contributed by atoms with van der Waals surface area (Å²) in [6, 6.07) is 6.74. The number of methoxy groups -OCH3 is 1.